The zero-order chi connectivity index (χ0) is 15.0. The van der Waals surface area contributed by atoms with Crippen LogP contribution in [0.2, 0.25) is 0 Å². The Balaban J connectivity index is 2.38. The van der Waals surface area contributed by atoms with Crippen molar-refractivity contribution in [3.05, 3.63) is 29.8 Å². The van der Waals surface area contributed by atoms with Gasteiger partial charge in [0.25, 0.3) is 0 Å². The summed E-state index contributed by atoms with van der Waals surface area (Å²) in [5.41, 5.74) is -0.414. The molecule has 1 aromatic carbocycles. The summed E-state index contributed by atoms with van der Waals surface area (Å²) in [5.74, 6) is -2.35. The minimum atomic E-state index is -0.817. The molecule has 110 valence electrons. The first kappa shape index (κ1) is 15.8. The largest absolute Gasteiger partial charge is 0.383 e. The van der Waals surface area contributed by atoms with Gasteiger partial charge in [0.15, 0.2) is 0 Å². The van der Waals surface area contributed by atoms with Gasteiger partial charge in [-0.15, -0.1) is 0 Å². The highest BCUT2D eigenvalue weighted by molar-refractivity contribution is 5.96. The molecule has 0 aliphatic heterocycles. The van der Waals surface area contributed by atoms with Gasteiger partial charge in [0.05, 0.1) is 13.2 Å². The van der Waals surface area contributed by atoms with Crippen molar-refractivity contribution >= 4 is 17.6 Å². The van der Waals surface area contributed by atoms with Crippen LogP contribution >= 0.6 is 0 Å². The van der Waals surface area contributed by atoms with Crippen molar-refractivity contribution in [1.29, 1.82) is 0 Å². The summed E-state index contributed by atoms with van der Waals surface area (Å²) in [7, 11) is 1.47. The van der Waals surface area contributed by atoms with Crippen LogP contribution in [0.3, 0.4) is 0 Å². The maximum atomic E-state index is 13.2. The Bertz CT molecular complexity index is 463. The minimum Gasteiger partial charge on any atom is -0.383 e. The summed E-state index contributed by atoms with van der Waals surface area (Å²) in [5, 5.41) is 6.65. The smallest absolute Gasteiger partial charge is 0.321 e. The van der Waals surface area contributed by atoms with Crippen LogP contribution in [-0.4, -0.2) is 38.7 Å². The molecule has 0 radical (unpaired) electrons. The lowest BCUT2D eigenvalue weighted by Crippen LogP contribution is -2.43. The molecule has 0 atom stereocenters. The summed E-state index contributed by atoms with van der Waals surface area (Å²) >= 11 is 0. The van der Waals surface area contributed by atoms with Gasteiger partial charge in [-0.2, -0.15) is 0 Å². The average molecular weight is 287 g/mol. The van der Waals surface area contributed by atoms with Crippen LogP contribution in [0.15, 0.2) is 18.2 Å². The normalized spacial score (nSPS) is 9.95. The van der Waals surface area contributed by atoms with Crippen molar-refractivity contribution in [3.63, 3.8) is 0 Å². The van der Waals surface area contributed by atoms with Gasteiger partial charge in [0, 0.05) is 13.7 Å². The van der Waals surface area contributed by atoms with E-state index in [4.69, 9.17) is 4.74 Å². The number of rotatable bonds is 6. The lowest BCUT2D eigenvalue weighted by atomic mass is 10.3. The topological polar surface area (TPSA) is 79.5 Å². The summed E-state index contributed by atoms with van der Waals surface area (Å²) in [6, 6.07) is 2.61. The number of urea groups is 1. The van der Waals surface area contributed by atoms with Crippen molar-refractivity contribution in [2.24, 2.45) is 0 Å². The van der Waals surface area contributed by atoms with Crippen LogP contribution in [0.25, 0.3) is 0 Å². The first-order valence-electron chi connectivity index (χ1n) is 5.79. The highest BCUT2D eigenvalue weighted by Gasteiger charge is 2.11. The number of amides is 3. The number of ether oxygens (including phenoxy) is 1. The molecule has 1 rings (SSSR count). The van der Waals surface area contributed by atoms with Crippen LogP contribution in [0.5, 0.6) is 0 Å². The van der Waals surface area contributed by atoms with Crippen LogP contribution in [0, 0.1) is 11.6 Å². The number of nitrogens with one attached hydrogen (secondary N) is 3. The fraction of sp³-hybridized carbons (Fsp3) is 0.333. The Morgan fingerprint density at radius 3 is 2.50 bits per heavy atom. The third-order valence-electron chi connectivity index (χ3n) is 2.23. The van der Waals surface area contributed by atoms with E-state index in [0.717, 1.165) is 12.1 Å². The van der Waals surface area contributed by atoms with Gasteiger partial charge in [0.1, 0.15) is 17.3 Å². The fourth-order valence-electron chi connectivity index (χ4n) is 1.32. The number of methoxy groups -OCH3 is 1. The zero-order valence-electron chi connectivity index (χ0n) is 10.8. The molecule has 0 bridgehead atoms. The quantitative estimate of drug-likeness (QED) is 0.678. The Morgan fingerprint density at radius 1 is 1.25 bits per heavy atom. The minimum absolute atomic E-state index is 0.241. The Morgan fingerprint density at radius 2 is 1.90 bits per heavy atom. The van der Waals surface area contributed by atoms with E-state index in [1.807, 2.05) is 5.32 Å². The van der Waals surface area contributed by atoms with Crippen molar-refractivity contribution in [2.75, 3.05) is 32.1 Å². The molecule has 0 saturated carbocycles. The molecular formula is C12H15F2N3O3. The molecule has 20 heavy (non-hydrogen) atoms. The number of hydrogen-bond acceptors (Lipinski definition) is 4. The van der Waals surface area contributed by atoms with Gasteiger partial charge >= 0.3 is 6.03 Å². The lowest BCUT2D eigenvalue weighted by molar-refractivity contribution is -0.118. The molecule has 1 aromatic rings. The number of carbonyl (C=O) groups is 2. The Labute approximate surface area is 114 Å². The molecule has 0 aliphatic rings. The molecule has 0 heterocycles. The Hall–Kier alpha value is -2.22. The number of imide groups is 1. The fourth-order valence-corrected chi connectivity index (χ4v) is 1.32. The van der Waals surface area contributed by atoms with Crippen LogP contribution in [0.1, 0.15) is 0 Å². The van der Waals surface area contributed by atoms with Gasteiger partial charge in [-0.25, -0.2) is 13.6 Å². The predicted octanol–water partition coefficient (Wildman–Crippen LogP) is 0.849. The molecule has 0 aromatic heterocycles. The number of carbonyl (C=O) groups excluding carboxylic acids is 2. The summed E-state index contributed by atoms with van der Waals surface area (Å²) in [6.07, 6.45) is 0. The number of halogens is 2. The molecule has 0 spiro atoms. The standard InChI is InChI=1S/C12H15F2N3O3/c1-20-6-5-15-12(19)17-10(18)7-16-11-8(13)3-2-4-9(11)14/h2-4,16H,5-7H2,1H3,(H2,15,17,18,19). The van der Waals surface area contributed by atoms with E-state index < -0.39 is 35.8 Å². The predicted molar refractivity (Wildman–Crippen MR) is 68.3 cm³/mol. The first-order chi connectivity index (χ1) is 9.54. The second kappa shape index (κ2) is 8.05. The first-order valence-corrected chi connectivity index (χ1v) is 5.79. The van der Waals surface area contributed by atoms with Crippen molar-refractivity contribution in [1.82, 2.24) is 10.6 Å². The number of anilines is 1. The van der Waals surface area contributed by atoms with Crippen LogP contribution < -0.4 is 16.0 Å². The van der Waals surface area contributed by atoms with E-state index in [9.17, 15) is 18.4 Å². The van der Waals surface area contributed by atoms with Gasteiger partial charge in [-0.1, -0.05) is 6.07 Å². The number of hydrogen-bond donors (Lipinski definition) is 3. The zero-order valence-corrected chi connectivity index (χ0v) is 10.8. The van der Waals surface area contributed by atoms with Gasteiger partial charge in [-0.05, 0) is 12.1 Å². The lowest BCUT2D eigenvalue weighted by Gasteiger charge is -2.09. The molecule has 0 fully saturated rings. The van der Waals surface area contributed by atoms with Crippen LogP contribution in [0.4, 0.5) is 19.3 Å². The van der Waals surface area contributed by atoms with Crippen LogP contribution in [-0.2, 0) is 9.53 Å². The SMILES string of the molecule is COCCNC(=O)NC(=O)CNc1c(F)cccc1F. The molecule has 0 aliphatic carbocycles. The van der Waals surface area contributed by atoms with Crippen molar-refractivity contribution < 1.29 is 23.1 Å². The van der Waals surface area contributed by atoms with E-state index in [-0.39, 0.29) is 6.54 Å². The van der Waals surface area contributed by atoms with Gasteiger partial charge < -0.3 is 15.4 Å². The van der Waals surface area contributed by atoms with Crippen molar-refractivity contribution in [3.8, 4) is 0 Å². The number of benzene rings is 1. The van der Waals surface area contributed by atoms with E-state index in [2.05, 4.69) is 10.6 Å². The summed E-state index contributed by atoms with van der Waals surface area (Å²) in [4.78, 5) is 22.6. The highest BCUT2D eigenvalue weighted by Crippen LogP contribution is 2.17. The second-order valence-corrected chi connectivity index (χ2v) is 3.75. The number of para-hydroxylation sites is 1. The molecule has 3 N–H and O–H groups in total. The summed E-state index contributed by atoms with van der Waals surface area (Å²) in [6.45, 7) is 0.112. The van der Waals surface area contributed by atoms with Crippen molar-refractivity contribution in [2.45, 2.75) is 0 Å². The molecule has 8 heteroatoms. The Kier molecular flexibility index (Phi) is 6.38. The highest BCUT2D eigenvalue weighted by atomic mass is 19.1. The molecule has 6 nitrogen and oxygen atoms in total. The van der Waals surface area contributed by atoms with E-state index in [1.165, 1.54) is 13.2 Å². The summed E-state index contributed by atoms with van der Waals surface area (Å²) < 4.78 is 31.2. The van der Waals surface area contributed by atoms with E-state index in [1.54, 1.807) is 0 Å². The monoisotopic (exact) mass is 287 g/mol. The maximum absolute atomic E-state index is 13.2. The molecule has 0 saturated heterocycles. The molecular weight excluding hydrogens is 272 g/mol. The van der Waals surface area contributed by atoms with E-state index >= 15 is 0 Å². The third-order valence-corrected chi connectivity index (χ3v) is 2.23. The molecule has 3 amide bonds. The second-order valence-electron chi connectivity index (χ2n) is 3.75. The van der Waals surface area contributed by atoms with Gasteiger partial charge in [0.2, 0.25) is 5.91 Å². The van der Waals surface area contributed by atoms with E-state index in [0.29, 0.717) is 6.61 Å². The average Bonchev–Trinajstić information content (AvgIpc) is 2.38. The molecule has 0 unspecified atom stereocenters. The maximum Gasteiger partial charge on any atom is 0.321 e. The third kappa shape index (κ3) is 5.19. The van der Waals surface area contributed by atoms with Gasteiger partial charge in [-0.3, -0.25) is 10.1 Å².